The molecular formula is C18H25F2N3O2. The fourth-order valence-electron chi connectivity index (χ4n) is 3.20. The summed E-state index contributed by atoms with van der Waals surface area (Å²) in [5.41, 5.74) is 0.340. The summed E-state index contributed by atoms with van der Waals surface area (Å²) in [5.74, 6) is -2.10. The SMILES string of the molecule is CC.O=C1CCC(Nc2cc(F)c(C3CCNCC3)c(F)c2)C(=O)N1. The third kappa shape index (κ3) is 4.75. The number of rotatable bonds is 3. The van der Waals surface area contributed by atoms with Gasteiger partial charge in [0.2, 0.25) is 11.8 Å². The van der Waals surface area contributed by atoms with Crippen LogP contribution in [0.15, 0.2) is 12.1 Å². The Labute approximate surface area is 146 Å². The molecule has 0 saturated carbocycles. The molecule has 0 aliphatic carbocycles. The molecule has 0 radical (unpaired) electrons. The quantitative estimate of drug-likeness (QED) is 0.731. The lowest BCUT2D eigenvalue weighted by atomic mass is 9.89. The minimum absolute atomic E-state index is 0.124. The van der Waals surface area contributed by atoms with Crippen LogP contribution in [0.4, 0.5) is 14.5 Å². The van der Waals surface area contributed by atoms with E-state index in [1.807, 2.05) is 13.8 Å². The van der Waals surface area contributed by atoms with Gasteiger partial charge in [-0.1, -0.05) is 13.8 Å². The molecule has 1 aromatic rings. The van der Waals surface area contributed by atoms with Gasteiger partial charge in [-0.05, 0) is 50.4 Å². The molecule has 0 bridgehead atoms. The van der Waals surface area contributed by atoms with Gasteiger partial charge in [0.25, 0.3) is 0 Å². The number of halogens is 2. The zero-order chi connectivity index (χ0) is 18.4. The number of piperidine rings is 2. The van der Waals surface area contributed by atoms with Crippen LogP contribution in [-0.2, 0) is 9.59 Å². The van der Waals surface area contributed by atoms with E-state index in [2.05, 4.69) is 16.0 Å². The Bertz CT molecular complexity index is 608. The summed E-state index contributed by atoms with van der Waals surface area (Å²) in [5, 5.41) is 8.18. The zero-order valence-electron chi connectivity index (χ0n) is 14.6. The highest BCUT2D eigenvalue weighted by Crippen LogP contribution is 2.32. The van der Waals surface area contributed by atoms with Crippen molar-refractivity contribution < 1.29 is 18.4 Å². The number of nitrogens with one attached hydrogen (secondary N) is 3. The number of hydrogen-bond donors (Lipinski definition) is 3. The molecule has 0 spiro atoms. The van der Waals surface area contributed by atoms with Crippen molar-refractivity contribution in [2.75, 3.05) is 18.4 Å². The number of imide groups is 1. The van der Waals surface area contributed by atoms with Gasteiger partial charge in [-0.3, -0.25) is 14.9 Å². The van der Waals surface area contributed by atoms with Crippen molar-refractivity contribution in [1.82, 2.24) is 10.6 Å². The van der Waals surface area contributed by atoms with Crippen molar-refractivity contribution in [2.24, 2.45) is 0 Å². The van der Waals surface area contributed by atoms with Crippen molar-refractivity contribution in [2.45, 2.75) is 51.5 Å². The van der Waals surface area contributed by atoms with E-state index >= 15 is 0 Å². The highest BCUT2D eigenvalue weighted by Gasteiger charge is 2.28. The van der Waals surface area contributed by atoms with Crippen molar-refractivity contribution >= 4 is 17.5 Å². The van der Waals surface area contributed by atoms with Gasteiger partial charge in [-0.2, -0.15) is 0 Å². The number of benzene rings is 1. The topological polar surface area (TPSA) is 70.2 Å². The van der Waals surface area contributed by atoms with Crippen molar-refractivity contribution in [3.05, 3.63) is 29.3 Å². The molecule has 3 N–H and O–H groups in total. The van der Waals surface area contributed by atoms with E-state index < -0.39 is 23.6 Å². The third-order valence-corrected chi connectivity index (χ3v) is 4.41. The van der Waals surface area contributed by atoms with Gasteiger partial charge in [0, 0.05) is 17.7 Å². The summed E-state index contributed by atoms with van der Waals surface area (Å²) >= 11 is 0. The molecule has 3 rings (SSSR count). The van der Waals surface area contributed by atoms with Crippen LogP contribution in [0, 0.1) is 11.6 Å². The molecule has 2 saturated heterocycles. The molecule has 138 valence electrons. The largest absolute Gasteiger partial charge is 0.373 e. The first-order chi connectivity index (χ1) is 12.0. The Balaban J connectivity index is 0.00000109. The number of carbonyl (C=O) groups is 2. The monoisotopic (exact) mass is 353 g/mol. The minimum Gasteiger partial charge on any atom is -0.373 e. The smallest absolute Gasteiger partial charge is 0.249 e. The predicted octanol–water partition coefficient (Wildman–Crippen LogP) is 2.68. The van der Waals surface area contributed by atoms with Crippen LogP contribution in [0.5, 0.6) is 0 Å². The standard InChI is InChI=1S/C16H19F2N3O2.C2H6/c17-11-7-10(20-13-1-2-14(22)21-16(13)23)8-12(18)15(11)9-3-5-19-6-4-9;1-2/h7-9,13,19-20H,1-6H2,(H,21,22,23);1-2H3. The highest BCUT2D eigenvalue weighted by atomic mass is 19.1. The van der Waals surface area contributed by atoms with Crippen LogP contribution < -0.4 is 16.0 Å². The van der Waals surface area contributed by atoms with Gasteiger partial charge >= 0.3 is 0 Å². The number of anilines is 1. The van der Waals surface area contributed by atoms with E-state index in [0.29, 0.717) is 19.3 Å². The van der Waals surface area contributed by atoms with Crippen LogP contribution in [-0.4, -0.2) is 30.9 Å². The summed E-state index contributed by atoms with van der Waals surface area (Å²) in [7, 11) is 0. The average molecular weight is 353 g/mol. The van der Waals surface area contributed by atoms with E-state index in [1.165, 1.54) is 12.1 Å². The molecule has 2 aliphatic heterocycles. The van der Waals surface area contributed by atoms with E-state index in [9.17, 15) is 18.4 Å². The van der Waals surface area contributed by atoms with Gasteiger partial charge in [0.15, 0.2) is 0 Å². The van der Waals surface area contributed by atoms with Crippen LogP contribution in [0.1, 0.15) is 51.0 Å². The van der Waals surface area contributed by atoms with Crippen LogP contribution in [0.3, 0.4) is 0 Å². The predicted molar refractivity (Wildman–Crippen MR) is 92.3 cm³/mol. The van der Waals surface area contributed by atoms with Crippen molar-refractivity contribution in [3.63, 3.8) is 0 Å². The van der Waals surface area contributed by atoms with E-state index in [1.54, 1.807) is 0 Å². The van der Waals surface area contributed by atoms with Crippen LogP contribution in [0.2, 0.25) is 0 Å². The van der Waals surface area contributed by atoms with E-state index in [4.69, 9.17) is 0 Å². The second kappa shape index (κ2) is 8.89. The lowest BCUT2D eigenvalue weighted by molar-refractivity contribution is -0.133. The Morgan fingerprint density at radius 3 is 2.20 bits per heavy atom. The minimum atomic E-state index is -0.656. The first-order valence-corrected chi connectivity index (χ1v) is 8.84. The number of carbonyl (C=O) groups excluding carboxylic acids is 2. The van der Waals surface area contributed by atoms with Crippen LogP contribution in [0.25, 0.3) is 0 Å². The van der Waals surface area contributed by atoms with Crippen LogP contribution >= 0.6 is 0 Å². The third-order valence-electron chi connectivity index (χ3n) is 4.41. The van der Waals surface area contributed by atoms with E-state index in [-0.39, 0.29) is 29.5 Å². The molecule has 0 aromatic heterocycles. The lowest BCUT2D eigenvalue weighted by Crippen LogP contribution is -2.47. The van der Waals surface area contributed by atoms with Crippen molar-refractivity contribution in [3.8, 4) is 0 Å². The van der Waals surface area contributed by atoms with Gasteiger partial charge in [-0.25, -0.2) is 8.78 Å². The lowest BCUT2D eigenvalue weighted by Gasteiger charge is -2.25. The fourth-order valence-corrected chi connectivity index (χ4v) is 3.20. The molecule has 2 fully saturated rings. The number of hydrogen-bond acceptors (Lipinski definition) is 4. The van der Waals surface area contributed by atoms with Gasteiger partial charge < -0.3 is 10.6 Å². The zero-order valence-corrected chi connectivity index (χ0v) is 14.6. The summed E-state index contributed by atoms with van der Waals surface area (Å²) < 4.78 is 28.7. The molecule has 2 aliphatic rings. The summed E-state index contributed by atoms with van der Waals surface area (Å²) in [6, 6.07) is 1.80. The second-order valence-electron chi connectivity index (χ2n) is 6.03. The molecule has 2 amide bonds. The Morgan fingerprint density at radius 1 is 1.04 bits per heavy atom. The fraction of sp³-hybridized carbons (Fsp3) is 0.556. The van der Waals surface area contributed by atoms with Gasteiger partial charge in [0.1, 0.15) is 17.7 Å². The highest BCUT2D eigenvalue weighted by molar-refractivity contribution is 6.01. The maximum absolute atomic E-state index is 14.4. The maximum Gasteiger partial charge on any atom is 0.249 e. The molecule has 2 heterocycles. The molecule has 7 heteroatoms. The van der Waals surface area contributed by atoms with E-state index in [0.717, 1.165) is 13.1 Å². The molecule has 1 aromatic carbocycles. The normalized spacial score (nSPS) is 21.2. The Hall–Kier alpha value is -2.02. The number of amides is 2. The average Bonchev–Trinajstić information content (AvgIpc) is 2.60. The Morgan fingerprint density at radius 2 is 1.64 bits per heavy atom. The summed E-state index contributed by atoms with van der Waals surface area (Å²) in [6.45, 7) is 5.50. The molecule has 25 heavy (non-hydrogen) atoms. The molecule has 1 atom stereocenters. The van der Waals surface area contributed by atoms with Gasteiger partial charge in [-0.15, -0.1) is 0 Å². The second-order valence-corrected chi connectivity index (χ2v) is 6.03. The molecule has 5 nitrogen and oxygen atoms in total. The maximum atomic E-state index is 14.4. The summed E-state index contributed by atoms with van der Waals surface area (Å²) in [6.07, 6.45) is 1.92. The van der Waals surface area contributed by atoms with Crippen molar-refractivity contribution in [1.29, 1.82) is 0 Å². The molecule has 1 unspecified atom stereocenters. The molecular weight excluding hydrogens is 328 g/mol. The van der Waals surface area contributed by atoms with Gasteiger partial charge in [0.05, 0.1) is 0 Å². The Kier molecular flexibility index (Phi) is 6.87. The first kappa shape index (κ1) is 19.3. The summed E-state index contributed by atoms with van der Waals surface area (Å²) in [4.78, 5) is 22.8. The first-order valence-electron chi connectivity index (χ1n) is 8.84.